The zero-order chi connectivity index (χ0) is 16.8. The van der Waals surface area contributed by atoms with Crippen LogP contribution in [-0.2, 0) is 17.8 Å². The Kier molecular flexibility index (Phi) is 5.20. The SMILES string of the molecule is COc1nc(CNC(=O)Cc2ccccc2)nc(N2CCCC2)n1. The average Bonchev–Trinajstić information content (AvgIpc) is 3.15. The number of ether oxygens (including phenoxy) is 1. The van der Waals surface area contributed by atoms with Gasteiger partial charge >= 0.3 is 6.01 Å². The van der Waals surface area contributed by atoms with Crippen molar-refractivity contribution < 1.29 is 9.53 Å². The Morgan fingerprint density at radius 2 is 1.92 bits per heavy atom. The standard InChI is InChI=1S/C17H21N5O2/c1-24-17-20-14(19-16(21-17)22-9-5-6-10-22)12-18-15(23)11-13-7-3-2-4-8-13/h2-4,7-8H,5-6,9-12H2,1H3,(H,18,23). The van der Waals surface area contributed by atoms with Gasteiger partial charge in [-0.3, -0.25) is 4.79 Å². The van der Waals surface area contributed by atoms with E-state index in [-0.39, 0.29) is 18.5 Å². The maximum Gasteiger partial charge on any atom is 0.321 e. The molecule has 24 heavy (non-hydrogen) atoms. The van der Waals surface area contributed by atoms with Gasteiger partial charge in [0, 0.05) is 13.1 Å². The Hall–Kier alpha value is -2.70. The van der Waals surface area contributed by atoms with Crippen molar-refractivity contribution in [3.8, 4) is 6.01 Å². The number of nitrogens with one attached hydrogen (secondary N) is 1. The molecular formula is C17H21N5O2. The van der Waals surface area contributed by atoms with Crippen LogP contribution < -0.4 is 15.0 Å². The number of anilines is 1. The van der Waals surface area contributed by atoms with Gasteiger partial charge in [0.1, 0.15) is 0 Å². The van der Waals surface area contributed by atoms with Crippen LogP contribution in [0.1, 0.15) is 24.2 Å². The molecule has 0 unspecified atom stereocenters. The molecule has 0 atom stereocenters. The zero-order valence-corrected chi connectivity index (χ0v) is 13.7. The molecule has 1 amide bonds. The van der Waals surface area contributed by atoms with Crippen LogP contribution in [0.2, 0.25) is 0 Å². The molecule has 126 valence electrons. The van der Waals surface area contributed by atoms with Crippen LogP contribution in [0.3, 0.4) is 0 Å². The van der Waals surface area contributed by atoms with Crippen LogP contribution in [-0.4, -0.2) is 41.1 Å². The molecule has 1 aromatic carbocycles. The Bertz CT molecular complexity index is 687. The Labute approximate surface area is 141 Å². The summed E-state index contributed by atoms with van der Waals surface area (Å²) in [7, 11) is 1.53. The van der Waals surface area contributed by atoms with Crippen molar-refractivity contribution >= 4 is 11.9 Å². The molecule has 1 aliphatic heterocycles. The van der Waals surface area contributed by atoms with E-state index in [9.17, 15) is 4.79 Å². The fourth-order valence-corrected chi connectivity index (χ4v) is 2.64. The molecule has 1 N–H and O–H groups in total. The lowest BCUT2D eigenvalue weighted by Crippen LogP contribution is -2.27. The number of methoxy groups -OCH3 is 1. The van der Waals surface area contributed by atoms with Gasteiger partial charge in [0.25, 0.3) is 0 Å². The molecule has 1 saturated heterocycles. The number of hydrogen-bond donors (Lipinski definition) is 1. The highest BCUT2D eigenvalue weighted by Crippen LogP contribution is 2.17. The second-order valence-electron chi connectivity index (χ2n) is 5.67. The van der Waals surface area contributed by atoms with Gasteiger partial charge in [0.15, 0.2) is 5.82 Å². The number of amides is 1. The predicted molar refractivity (Wildman–Crippen MR) is 89.8 cm³/mol. The second kappa shape index (κ2) is 7.72. The molecule has 3 rings (SSSR count). The molecular weight excluding hydrogens is 306 g/mol. The van der Waals surface area contributed by atoms with E-state index < -0.39 is 0 Å². The van der Waals surface area contributed by atoms with Crippen molar-refractivity contribution in [2.75, 3.05) is 25.1 Å². The van der Waals surface area contributed by atoms with Gasteiger partial charge in [0.2, 0.25) is 11.9 Å². The number of rotatable bonds is 6. The molecule has 0 radical (unpaired) electrons. The maximum atomic E-state index is 12.1. The summed E-state index contributed by atoms with van der Waals surface area (Å²) in [5.41, 5.74) is 0.973. The lowest BCUT2D eigenvalue weighted by atomic mass is 10.1. The average molecular weight is 327 g/mol. The number of hydrogen-bond acceptors (Lipinski definition) is 6. The van der Waals surface area contributed by atoms with Crippen LogP contribution >= 0.6 is 0 Å². The van der Waals surface area contributed by atoms with Gasteiger partial charge in [-0.15, -0.1) is 0 Å². The third-order valence-electron chi connectivity index (χ3n) is 3.87. The minimum atomic E-state index is -0.0664. The van der Waals surface area contributed by atoms with E-state index in [1.807, 2.05) is 30.3 Å². The summed E-state index contributed by atoms with van der Waals surface area (Å²) in [4.78, 5) is 27.1. The fourth-order valence-electron chi connectivity index (χ4n) is 2.64. The number of carbonyl (C=O) groups excluding carboxylic acids is 1. The molecule has 0 bridgehead atoms. The predicted octanol–water partition coefficient (Wildman–Crippen LogP) is 1.34. The lowest BCUT2D eigenvalue weighted by molar-refractivity contribution is -0.120. The first-order valence-corrected chi connectivity index (χ1v) is 8.09. The fraction of sp³-hybridized carbons (Fsp3) is 0.412. The van der Waals surface area contributed by atoms with E-state index in [1.165, 1.54) is 7.11 Å². The van der Waals surface area contributed by atoms with Crippen LogP contribution in [0.15, 0.2) is 30.3 Å². The summed E-state index contributed by atoms with van der Waals surface area (Å²) in [6.07, 6.45) is 2.61. The highest BCUT2D eigenvalue weighted by Gasteiger charge is 2.17. The number of aromatic nitrogens is 3. The van der Waals surface area contributed by atoms with Gasteiger partial charge < -0.3 is 15.0 Å². The summed E-state index contributed by atoms with van der Waals surface area (Å²) in [5.74, 6) is 1.06. The van der Waals surface area contributed by atoms with E-state index >= 15 is 0 Å². The van der Waals surface area contributed by atoms with E-state index in [0.29, 0.717) is 18.2 Å². The Morgan fingerprint density at radius 1 is 1.17 bits per heavy atom. The minimum absolute atomic E-state index is 0.0664. The van der Waals surface area contributed by atoms with Gasteiger partial charge in [-0.05, 0) is 18.4 Å². The zero-order valence-electron chi connectivity index (χ0n) is 13.7. The topological polar surface area (TPSA) is 80.2 Å². The third-order valence-corrected chi connectivity index (χ3v) is 3.87. The Balaban J connectivity index is 1.63. The maximum absolute atomic E-state index is 12.1. The largest absolute Gasteiger partial charge is 0.467 e. The van der Waals surface area contributed by atoms with Crippen molar-refractivity contribution in [2.24, 2.45) is 0 Å². The first kappa shape index (κ1) is 16.2. The van der Waals surface area contributed by atoms with E-state index in [1.54, 1.807) is 0 Å². The summed E-state index contributed by atoms with van der Waals surface area (Å²) >= 11 is 0. The lowest BCUT2D eigenvalue weighted by Gasteiger charge is -2.16. The molecule has 0 aliphatic carbocycles. The van der Waals surface area contributed by atoms with Gasteiger partial charge in [-0.25, -0.2) is 0 Å². The normalized spacial score (nSPS) is 13.8. The molecule has 7 heteroatoms. The monoisotopic (exact) mass is 327 g/mol. The highest BCUT2D eigenvalue weighted by atomic mass is 16.5. The molecule has 0 saturated carbocycles. The molecule has 2 heterocycles. The van der Waals surface area contributed by atoms with E-state index in [2.05, 4.69) is 25.2 Å². The quantitative estimate of drug-likeness (QED) is 0.862. The van der Waals surface area contributed by atoms with E-state index in [4.69, 9.17) is 4.74 Å². The van der Waals surface area contributed by atoms with Crippen molar-refractivity contribution in [3.63, 3.8) is 0 Å². The summed E-state index contributed by atoms with van der Waals surface area (Å²) in [5, 5.41) is 2.85. The number of benzene rings is 1. The van der Waals surface area contributed by atoms with Crippen molar-refractivity contribution in [2.45, 2.75) is 25.8 Å². The summed E-state index contributed by atoms with van der Waals surface area (Å²) in [6.45, 7) is 2.13. The van der Waals surface area contributed by atoms with E-state index in [0.717, 1.165) is 31.5 Å². The number of nitrogens with zero attached hydrogens (tertiary/aromatic N) is 4. The third kappa shape index (κ3) is 4.18. The molecule has 1 aromatic heterocycles. The van der Waals surface area contributed by atoms with Crippen LogP contribution in [0.4, 0.5) is 5.95 Å². The minimum Gasteiger partial charge on any atom is -0.467 e. The molecule has 7 nitrogen and oxygen atoms in total. The van der Waals surface area contributed by atoms with Crippen LogP contribution in [0.5, 0.6) is 6.01 Å². The van der Waals surface area contributed by atoms with Gasteiger partial charge in [-0.2, -0.15) is 15.0 Å². The van der Waals surface area contributed by atoms with Crippen LogP contribution in [0, 0.1) is 0 Å². The van der Waals surface area contributed by atoms with Crippen molar-refractivity contribution in [1.82, 2.24) is 20.3 Å². The Morgan fingerprint density at radius 3 is 2.62 bits per heavy atom. The molecule has 1 fully saturated rings. The molecule has 0 spiro atoms. The van der Waals surface area contributed by atoms with Crippen molar-refractivity contribution in [1.29, 1.82) is 0 Å². The first-order chi connectivity index (χ1) is 11.7. The number of carbonyl (C=O) groups is 1. The van der Waals surface area contributed by atoms with Gasteiger partial charge in [0.05, 0.1) is 20.1 Å². The highest BCUT2D eigenvalue weighted by molar-refractivity contribution is 5.78. The molecule has 1 aliphatic rings. The summed E-state index contributed by atoms with van der Waals surface area (Å²) < 4.78 is 5.16. The summed E-state index contributed by atoms with van der Waals surface area (Å²) in [6, 6.07) is 9.90. The second-order valence-corrected chi connectivity index (χ2v) is 5.67. The van der Waals surface area contributed by atoms with Crippen LogP contribution in [0.25, 0.3) is 0 Å². The smallest absolute Gasteiger partial charge is 0.321 e. The first-order valence-electron chi connectivity index (χ1n) is 8.09. The van der Waals surface area contributed by atoms with Gasteiger partial charge in [-0.1, -0.05) is 30.3 Å². The van der Waals surface area contributed by atoms with Crippen molar-refractivity contribution in [3.05, 3.63) is 41.7 Å². The molecule has 2 aromatic rings.